The molecule has 0 aromatic carbocycles. The molecule has 3 nitrogen and oxygen atoms in total. The number of esters is 1. The van der Waals surface area contributed by atoms with Crippen LogP contribution in [0.25, 0.3) is 0 Å². The lowest BCUT2D eigenvalue weighted by Crippen LogP contribution is -2.32. The number of hydrogen-bond donors (Lipinski definition) is 1. The van der Waals surface area contributed by atoms with Crippen LogP contribution >= 0.6 is 0 Å². The maximum absolute atomic E-state index is 11.9. The van der Waals surface area contributed by atoms with Gasteiger partial charge in [0.05, 0.1) is 12.0 Å². The number of carbonyl (C=O) groups is 1. The van der Waals surface area contributed by atoms with Gasteiger partial charge in [-0.1, -0.05) is 13.8 Å². The highest BCUT2D eigenvalue weighted by Crippen LogP contribution is 2.25. The molecule has 0 aromatic heterocycles. The number of rotatable bonds is 5. The average molecular weight is 241 g/mol. The smallest absolute Gasteiger partial charge is 0.309 e. The van der Waals surface area contributed by atoms with Crippen molar-refractivity contribution in [3.05, 3.63) is 0 Å². The van der Waals surface area contributed by atoms with Crippen molar-refractivity contribution in [2.24, 2.45) is 17.6 Å². The number of carbonyl (C=O) groups excluding carboxylic acids is 1. The van der Waals surface area contributed by atoms with Crippen molar-refractivity contribution >= 4 is 5.97 Å². The zero-order chi connectivity index (χ0) is 12.8. The van der Waals surface area contributed by atoms with E-state index in [-0.39, 0.29) is 24.0 Å². The molecule has 1 fully saturated rings. The highest BCUT2D eigenvalue weighted by atomic mass is 16.5. The van der Waals surface area contributed by atoms with Crippen molar-refractivity contribution < 1.29 is 9.53 Å². The highest BCUT2D eigenvalue weighted by molar-refractivity contribution is 5.72. The van der Waals surface area contributed by atoms with E-state index < -0.39 is 0 Å². The summed E-state index contributed by atoms with van der Waals surface area (Å²) >= 11 is 0. The van der Waals surface area contributed by atoms with Gasteiger partial charge in [0, 0.05) is 6.04 Å². The van der Waals surface area contributed by atoms with Gasteiger partial charge < -0.3 is 10.5 Å². The van der Waals surface area contributed by atoms with Crippen molar-refractivity contribution in [1.29, 1.82) is 0 Å². The van der Waals surface area contributed by atoms with E-state index in [1.807, 2.05) is 6.92 Å². The minimum absolute atomic E-state index is 0.00634. The fourth-order valence-corrected chi connectivity index (χ4v) is 2.28. The van der Waals surface area contributed by atoms with Crippen molar-refractivity contribution in [2.75, 3.05) is 0 Å². The summed E-state index contributed by atoms with van der Waals surface area (Å²) in [7, 11) is 0. The molecule has 0 bridgehead atoms. The SMILES string of the molecule is CC(C)CCC(C)OC(=O)C1CCC(N)CC1. The van der Waals surface area contributed by atoms with Crippen molar-refractivity contribution in [1.82, 2.24) is 0 Å². The van der Waals surface area contributed by atoms with Crippen LogP contribution in [-0.4, -0.2) is 18.1 Å². The van der Waals surface area contributed by atoms with Gasteiger partial charge in [-0.3, -0.25) is 4.79 Å². The van der Waals surface area contributed by atoms with Gasteiger partial charge in [0.15, 0.2) is 0 Å². The van der Waals surface area contributed by atoms with E-state index in [0.29, 0.717) is 5.92 Å². The Morgan fingerprint density at radius 3 is 2.29 bits per heavy atom. The van der Waals surface area contributed by atoms with Gasteiger partial charge >= 0.3 is 5.97 Å². The van der Waals surface area contributed by atoms with Crippen molar-refractivity contribution in [3.63, 3.8) is 0 Å². The lowest BCUT2D eigenvalue weighted by Gasteiger charge is -2.26. The van der Waals surface area contributed by atoms with Crippen LogP contribution in [0.1, 0.15) is 59.3 Å². The number of nitrogens with two attached hydrogens (primary N) is 1. The van der Waals surface area contributed by atoms with Crippen LogP contribution < -0.4 is 5.73 Å². The lowest BCUT2D eigenvalue weighted by molar-refractivity contribution is -0.154. The second-order valence-corrected chi connectivity index (χ2v) is 5.83. The minimum atomic E-state index is -0.00634. The third-order valence-electron chi connectivity index (χ3n) is 3.57. The van der Waals surface area contributed by atoms with Gasteiger partial charge in [0.1, 0.15) is 0 Å². The first-order chi connectivity index (χ1) is 7.99. The molecule has 0 aromatic rings. The Kier molecular flexibility index (Phi) is 5.96. The Morgan fingerprint density at radius 1 is 1.18 bits per heavy atom. The third-order valence-corrected chi connectivity index (χ3v) is 3.57. The molecule has 0 aliphatic heterocycles. The molecule has 1 aliphatic carbocycles. The van der Waals surface area contributed by atoms with E-state index in [1.54, 1.807) is 0 Å². The topological polar surface area (TPSA) is 52.3 Å². The molecular formula is C14H27NO2. The summed E-state index contributed by atoms with van der Waals surface area (Å²) in [5.41, 5.74) is 5.83. The summed E-state index contributed by atoms with van der Waals surface area (Å²) in [5, 5.41) is 0. The first-order valence-electron chi connectivity index (χ1n) is 6.95. The van der Waals surface area contributed by atoms with E-state index in [1.165, 1.54) is 0 Å². The predicted octanol–water partition coefficient (Wildman–Crippen LogP) is 2.87. The minimum Gasteiger partial charge on any atom is -0.462 e. The number of hydrogen-bond acceptors (Lipinski definition) is 3. The molecule has 0 heterocycles. The zero-order valence-corrected chi connectivity index (χ0v) is 11.4. The van der Waals surface area contributed by atoms with Crippen LogP contribution in [0.3, 0.4) is 0 Å². The molecular weight excluding hydrogens is 214 g/mol. The quantitative estimate of drug-likeness (QED) is 0.753. The van der Waals surface area contributed by atoms with Crippen LogP contribution in [0.2, 0.25) is 0 Å². The van der Waals surface area contributed by atoms with E-state index in [9.17, 15) is 4.79 Å². The Morgan fingerprint density at radius 2 is 1.76 bits per heavy atom. The first kappa shape index (κ1) is 14.5. The third kappa shape index (κ3) is 5.53. The largest absolute Gasteiger partial charge is 0.462 e. The summed E-state index contributed by atoms with van der Waals surface area (Å²) in [5.74, 6) is 0.758. The second kappa shape index (κ2) is 7.00. The number of ether oxygens (including phenoxy) is 1. The van der Waals surface area contributed by atoms with Crippen LogP contribution in [0.4, 0.5) is 0 Å². The fourth-order valence-electron chi connectivity index (χ4n) is 2.28. The fraction of sp³-hybridized carbons (Fsp3) is 0.929. The Hall–Kier alpha value is -0.570. The van der Waals surface area contributed by atoms with Gasteiger partial charge in [-0.05, 0) is 51.4 Å². The molecule has 0 spiro atoms. The van der Waals surface area contributed by atoms with Gasteiger partial charge in [-0.25, -0.2) is 0 Å². The van der Waals surface area contributed by atoms with Crippen LogP contribution in [0, 0.1) is 11.8 Å². The Bertz CT molecular complexity index is 232. The second-order valence-electron chi connectivity index (χ2n) is 5.83. The van der Waals surface area contributed by atoms with E-state index in [0.717, 1.165) is 38.5 Å². The standard InChI is InChI=1S/C14H27NO2/c1-10(2)4-5-11(3)17-14(16)12-6-8-13(15)9-7-12/h10-13H,4-9,15H2,1-3H3. The van der Waals surface area contributed by atoms with Gasteiger partial charge in [0.25, 0.3) is 0 Å². The summed E-state index contributed by atoms with van der Waals surface area (Å²) in [6.45, 7) is 6.38. The average Bonchev–Trinajstić information content (AvgIpc) is 2.27. The molecule has 0 saturated heterocycles. The summed E-state index contributed by atoms with van der Waals surface area (Å²) in [6, 6.07) is 0.289. The summed E-state index contributed by atoms with van der Waals surface area (Å²) in [6.07, 6.45) is 5.86. The van der Waals surface area contributed by atoms with E-state index in [2.05, 4.69) is 13.8 Å². The molecule has 100 valence electrons. The Labute approximate surface area is 105 Å². The predicted molar refractivity (Wildman–Crippen MR) is 69.6 cm³/mol. The molecule has 3 heteroatoms. The zero-order valence-electron chi connectivity index (χ0n) is 11.4. The normalized spacial score (nSPS) is 26.9. The molecule has 1 rings (SSSR count). The first-order valence-corrected chi connectivity index (χ1v) is 6.95. The van der Waals surface area contributed by atoms with Crippen LogP contribution in [-0.2, 0) is 9.53 Å². The molecule has 1 aliphatic rings. The monoisotopic (exact) mass is 241 g/mol. The molecule has 0 radical (unpaired) electrons. The lowest BCUT2D eigenvalue weighted by atomic mass is 9.86. The summed E-state index contributed by atoms with van der Waals surface area (Å²) < 4.78 is 5.50. The summed E-state index contributed by atoms with van der Waals surface area (Å²) in [4.78, 5) is 11.9. The maximum Gasteiger partial charge on any atom is 0.309 e. The van der Waals surface area contributed by atoms with E-state index in [4.69, 9.17) is 10.5 Å². The van der Waals surface area contributed by atoms with Gasteiger partial charge in [0.2, 0.25) is 0 Å². The van der Waals surface area contributed by atoms with Gasteiger partial charge in [-0.15, -0.1) is 0 Å². The molecule has 0 amide bonds. The molecule has 2 N–H and O–H groups in total. The van der Waals surface area contributed by atoms with E-state index >= 15 is 0 Å². The molecule has 1 atom stereocenters. The van der Waals surface area contributed by atoms with Crippen LogP contribution in [0.15, 0.2) is 0 Å². The Balaban J connectivity index is 2.23. The molecule has 1 unspecified atom stereocenters. The van der Waals surface area contributed by atoms with Gasteiger partial charge in [-0.2, -0.15) is 0 Å². The molecule has 1 saturated carbocycles. The highest BCUT2D eigenvalue weighted by Gasteiger charge is 2.26. The molecule has 17 heavy (non-hydrogen) atoms. The van der Waals surface area contributed by atoms with Crippen LogP contribution in [0.5, 0.6) is 0 Å². The van der Waals surface area contributed by atoms with Crippen molar-refractivity contribution in [2.45, 2.75) is 71.4 Å². The maximum atomic E-state index is 11.9. The van der Waals surface area contributed by atoms with Crippen molar-refractivity contribution in [3.8, 4) is 0 Å².